The second kappa shape index (κ2) is 23.5. The van der Waals surface area contributed by atoms with Gasteiger partial charge in [0, 0.05) is 19.3 Å². The maximum absolute atomic E-state index is 12.1. The molecule has 10 heteroatoms. The zero-order valence-corrected chi connectivity index (χ0v) is 23.2. The molecule has 0 aromatic rings. The molecule has 5 N–H and O–H groups in total. The van der Waals surface area contributed by atoms with Crippen molar-refractivity contribution < 1.29 is 39.3 Å². The first kappa shape index (κ1) is 35.4. The zero-order valence-electron chi connectivity index (χ0n) is 23.2. The van der Waals surface area contributed by atoms with Crippen LogP contribution in [0, 0.1) is 0 Å². The fourth-order valence-electron chi connectivity index (χ4n) is 4.29. The van der Waals surface area contributed by atoms with Crippen LogP contribution in [0.5, 0.6) is 0 Å². The Bertz CT molecular complexity index is 698. The van der Waals surface area contributed by atoms with E-state index in [4.69, 9.17) is 10.2 Å². The van der Waals surface area contributed by atoms with Gasteiger partial charge >= 0.3 is 17.9 Å². The first-order valence-electron chi connectivity index (χ1n) is 14.4. The van der Waals surface area contributed by atoms with Gasteiger partial charge in [0.1, 0.15) is 12.1 Å². The average molecular weight is 543 g/mol. The Morgan fingerprint density at radius 3 is 1.21 bits per heavy atom. The fraction of sp³-hybridized carbons (Fsp3) is 0.821. The fourth-order valence-corrected chi connectivity index (χ4v) is 4.29. The Morgan fingerprint density at radius 1 is 0.500 bits per heavy atom. The number of carboxylic acids is 3. The lowest BCUT2D eigenvalue weighted by Crippen LogP contribution is -2.43. The molecule has 10 nitrogen and oxygen atoms in total. The Morgan fingerprint density at radius 2 is 0.842 bits per heavy atom. The highest BCUT2D eigenvalue weighted by Gasteiger charge is 2.23. The van der Waals surface area contributed by atoms with Gasteiger partial charge in [-0.1, -0.05) is 90.4 Å². The van der Waals surface area contributed by atoms with E-state index in [0.717, 1.165) is 38.5 Å². The van der Waals surface area contributed by atoms with E-state index in [-0.39, 0.29) is 31.6 Å². The molecule has 0 aliphatic heterocycles. The molecule has 2 atom stereocenters. The Balaban J connectivity index is 3.78. The smallest absolute Gasteiger partial charge is 0.326 e. The summed E-state index contributed by atoms with van der Waals surface area (Å²) in [5.74, 6) is -3.95. The van der Waals surface area contributed by atoms with Gasteiger partial charge in [0.15, 0.2) is 0 Å². The molecular formula is C28H50N2O8. The molecule has 0 spiro atoms. The summed E-state index contributed by atoms with van der Waals surface area (Å²) >= 11 is 0. The predicted octanol–water partition coefficient (Wildman–Crippen LogP) is 5.03. The van der Waals surface area contributed by atoms with Crippen LogP contribution in [0.4, 0.5) is 0 Å². The summed E-state index contributed by atoms with van der Waals surface area (Å²) in [6.07, 6.45) is 16.2. The first-order chi connectivity index (χ1) is 18.2. The van der Waals surface area contributed by atoms with Crippen molar-refractivity contribution in [2.45, 2.75) is 147 Å². The number of amides is 2. The van der Waals surface area contributed by atoms with Crippen LogP contribution >= 0.6 is 0 Å². The van der Waals surface area contributed by atoms with E-state index < -0.39 is 35.9 Å². The van der Waals surface area contributed by atoms with Crippen molar-refractivity contribution in [2.75, 3.05) is 0 Å². The van der Waals surface area contributed by atoms with Crippen LogP contribution in [-0.2, 0) is 24.0 Å². The SMILES string of the molecule is CCC[C@H](NC(=O)CCC(NC(=O)CCCCCCCCCCCCCCCCC(=O)O)C(=O)O)C(=O)O. The molecule has 2 amide bonds. The normalized spacial score (nSPS) is 12.4. The first-order valence-corrected chi connectivity index (χ1v) is 14.4. The van der Waals surface area contributed by atoms with Crippen LogP contribution in [0.25, 0.3) is 0 Å². The van der Waals surface area contributed by atoms with Gasteiger partial charge in [-0.3, -0.25) is 14.4 Å². The molecule has 0 aromatic carbocycles. The Hall–Kier alpha value is -2.65. The Kier molecular flexibility index (Phi) is 21.8. The second-order valence-electron chi connectivity index (χ2n) is 10.1. The van der Waals surface area contributed by atoms with Crippen molar-refractivity contribution >= 4 is 29.7 Å². The van der Waals surface area contributed by atoms with Gasteiger partial charge in [-0.2, -0.15) is 0 Å². The van der Waals surface area contributed by atoms with E-state index in [1.54, 1.807) is 6.92 Å². The number of carboxylic acid groups (broad SMARTS) is 3. The number of rotatable bonds is 26. The number of hydrogen-bond acceptors (Lipinski definition) is 5. The average Bonchev–Trinajstić information content (AvgIpc) is 2.85. The highest BCUT2D eigenvalue weighted by atomic mass is 16.4. The van der Waals surface area contributed by atoms with E-state index >= 15 is 0 Å². The molecule has 0 aliphatic carbocycles. The molecule has 0 bridgehead atoms. The number of unbranched alkanes of at least 4 members (excludes halogenated alkanes) is 13. The van der Waals surface area contributed by atoms with E-state index in [9.17, 15) is 29.1 Å². The van der Waals surface area contributed by atoms with E-state index in [2.05, 4.69) is 10.6 Å². The minimum atomic E-state index is -1.22. The summed E-state index contributed by atoms with van der Waals surface area (Å²) in [6.45, 7) is 1.81. The monoisotopic (exact) mass is 542 g/mol. The van der Waals surface area contributed by atoms with Crippen LogP contribution in [0.2, 0.25) is 0 Å². The quantitative estimate of drug-likeness (QED) is 0.0947. The molecule has 0 radical (unpaired) electrons. The van der Waals surface area contributed by atoms with Crippen LogP contribution in [0.15, 0.2) is 0 Å². The van der Waals surface area contributed by atoms with Crippen molar-refractivity contribution in [3.63, 3.8) is 0 Å². The number of carbonyl (C=O) groups is 5. The zero-order chi connectivity index (χ0) is 28.6. The van der Waals surface area contributed by atoms with Crippen LogP contribution in [-0.4, -0.2) is 57.1 Å². The van der Waals surface area contributed by atoms with Crippen molar-refractivity contribution in [3.8, 4) is 0 Å². The molecule has 0 fully saturated rings. The summed E-state index contributed by atoms with van der Waals surface area (Å²) in [5.41, 5.74) is 0. The third-order valence-electron chi connectivity index (χ3n) is 6.55. The second-order valence-corrected chi connectivity index (χ2v) is 10.1. The lowest BCUT2D eigenvalue weighted by atomic mass is 10.0. The summed E-state index contributed by atoms with van der Waals surface area (Å²) in [5, 5.41) is 31.9. The van der Waals surface area contributed by atoms with Crippen molar-refractivity contribution in [3.05, 3.63) is 0 Å². The summed E-state index contributed by atoms with van der Waals surface area (Å²) in [7, 11) is 0. The number of hydrogen-bond donors (Lipinski definition) is 5. The topological polar surface area (TPSA) is 170 Å². The highest BCUT2D eigenvalue weighted by molar-refractivity contribution is 5.86. The molecular weight excluding hydrogens is 492 g/mol. The van der Waals surface area contributed by atoms with Gasteiger partial charge in [-0.05, 0) is 25.7 Å². The molecule has 0 aromatic heterocycles. The minimum Gasteiger partial charge on any atom is -0.481 e. The number of carbonyl (C=O) groups excluding carboxylic acids is 2. The van der Waals surface area contributed by atoms with E-state index in [0.29, 0.717) is 19.3 Å². The van der Waals surface area contributed by atoms with Crippen LogP contribution < -0.4 is 10.6 Å². The maximum atomic E-state index is 12.1. The molecule has 0 aliphatic rings. The van der Waals surface area contributed by atoms with E-state index in [1.807, 2.05) is 0 Å². The number of nitrogens with one attached hydrogen (secondary N) is 2. The summed E-state index contributed by atoms with van der Waals surface area (Å²) < 4.78 is 0. The van der Waals surface area contributed by atoms with Crippen LogP contribution in [0.1, 0.15) is 135 Å². The molecule has 0 rings (SSSR count). The third kappa shape index (κ3) is 21.4. The summed E-state index contributed by atoms with van der Waals surface area (Å²) in [6, 6.07) is -2.18. The van der Waals surface area contributed by atoms with Gasteiger partial charge < -0.3 is 26.0 Å². The number of aliphatic carboxylic acids is 3. The van der Waals surface area contributed by atoms with Crippen LogP contribution in [0.3, 0.4) is 0 Å². The van der Waals surface area contributed by atoms with E-state index in [1.165, 1.54) is 44.9 Å². The third-order valence-corrected chi connectivity index (χ3v) is 6.55. The van der Waals surface area contributed by atoms with Gasteiger partial charge in [-0.15, -0.1) is 0 Å². The largest absolute Gasteiger partial charge is 0.481 e. The molecule has 220 valence electrons. The van der Waals surface area contributed by atoms with Crippen molar-refractivity contribution in [1.29, 1.82) is 0 Å². The van der Waals surface area contributed by atoms with Gasteiger partial charge in [0.25, 0.3) is 0 Å². The predicted molar refractivity (Wildman–Crippen MR) is 145 cm³/mol. The van der Waals surface area contributed by atoms with Gasteiger partial charge in [0.2, 0.25) is 11.8 Å². The molecule has 38 heavy (non-hydrogen) atoms. The molecule has 0 saturated carbocycles. The Labute approximate surface area is 227 Å². The van der Waals surface area contributed by atoms with Crippen molar-refractivity contribution in [1.82, 2.24) is 10.6 Å². The van der Waals surface area contributed by atoms with Gasteiger partial charge in [0.05, 0.1) is 0 Å². The lowest BCUT2D eigenvalue weighted by Gasteiger charge is -2.16. The van der Waals surface area contributed by atoms with Crippen molar-refractivity contribution in [2.24, 2.45) is 0 Å². The molecule has 1 unspecified atom stereocenters. The molecule has 0 heterocycles. The molecule has 0 saturated heterocycles. The standard InChI is InChI=1S/C28H50N2O8/c1-2-17-22(27(35)36)29-25(32)21-20-23(28(37)38)30-24(31)18-15-13-11-9-7-5-3-4-6-8-10-12-14-16-19-26(33)34/h22-23H,2-21H2,1H3,(H,29,32)(H,30,31)(H,33,34)(H,35,36)(H,37,38)/t22-,23?/m0/s1. The lowest BCUT2D eigenvalue weighted by molar-refractivity contribution is -0.143. The van der Waals surface area contributed by atoms with Gasteiger partial charge in [-0.25, -0.2) is 9.59 Å². The summed E-state index contributed by atoms with van der Waals surface area (Å²) in [4.78, 5) is 57.2. The highest BCUT2D eigenvalue weighted by Crippen LogP contribution is 2.14. The maximum Gasteiger partial charge on any atom is 0.326 e. The minimum absolute atomic E-state index is 0.0990.